The topological polar surface area (TPSA) is 46.4 Å². The molecule has 1 amide bonds. The maximum atomic E-state index is 12.2. The van der Waals surface area contributed by atoms with Crippen molar-refractivity contribution in [2.45, 2.75) is 38.6 Å². The van der Waals surface area contributed by atoms with Crippen LogP contribution >= 0.6 is 0 Å². The first-order valence-corrected chi connectivity index (χ1v) is 8.29. The molecule has 0 aliphatic rings. The van der Waals surface area contributed by atoms with E-state index in [2.05, 4.69) is 36.3 Å². The molecule has 1 aromatic carbocycles. The Morgan fingerprint density at radius 1 is 1.12 bits per heavy atom. The smallest absolute Gasteiger partial charge is 0.220 e. The van der Waals surface area contributed by atoms with Crippen molar-refractivity contribution in [1.82, 2.24) is 14.7 Å². The summed E-state index contributed by atoms with van der Waals surface area (Å²) in [5.74, 6) is 0.910. The summed E-state index contributed by atoms with van der Waals surface area (Å²) in [6.07, 6.45) is 5.10. The highest BCUT2D eigenvalue weighted by Gasteiger charge is 2.21. The lowest BCUT2D eigenvalue weighted by molar-refractivity contribution is -0.121. The fourth-order valence-corrected chi connectivity index (χ4v) is 2.86. The molecule has 0 saturated carbocycles. The second kappa shape index (κ2) is 6.87. The molecule has 0 aliphatic heterocycles. The zero-order valence-corrected chi connectivity index (χ0v) is 14.2. The van der Waals surface area contributed by atoms with Crippen molar-refractivity contribution in [3.8, 4) is 0 Å². The van der Waals surface area contributed by atoms with Gasteiger partial charge in [-0.2, -0.15) is 0 Å². The van der Waals surface area contributed by atoms with Crippen molar-refractivity contribution in [3.05, 3.63) is 72.3 Å². The second-order valence-electron chi connectivity index (χ2n) is 6.70. The molecule has 0 spiro atoms. The number of fused-ring (bicyclic) bond motifs is 1. The van der Waals surface area contributed by atoms with Gasteiger partial charge in [0.2, 0.25) is 5.91 Å². The normalized spacial score (nSPS) is 11.6. The van der Waals surface area contributed by atoms with E-state index in [-0.39, 0.29) is 11.3 Å². The van der Waals surface area contributed by atoms with E-state index in [1.807, 2.05) is 53.2 Å². The number of nitrogens with one attached hydrogen (secondary N) is 1. The molecule has 3 rings (SSSR count). The fourth-order valence-electron chi connectivity index (χ4n) is 2.86. The summed E-state index contributed by atoms with van der Waals surface area (Å²) in [4.78, 5) is 16.6. The molecule has 0 saturated heterocycles. The van der Waals surface area contributed by atoms with Crippen LogP contribution in [-0.2, 0) is 16.8 Å². The van der Waals surface area contributed by atoms with Crippen LogP contribution < -0.4 is 5.32 Å². The summed E-state index contributed by atoms with van der Waals surface area (Å²) in [6.45, 7) is 4.80. The van der Waals surface area contributed by atoms with Crippen LogP contribution in [0.5, 0.6) is 0 Å². The van der Waals surface area contributed by atoms with Crippen LogP contribution in [0.1, 0.15) is 38.1 Å². The summed E-state index contributed by atoms with van der Waals surface area (Å²) >= 11 is 0. The zero-order chi connectivity index (χ0) is 17.0. The van der Waals surface area contributed by atoms with Crippen molar-refractivity contribution < 1.29 is 4.79 Å². The lowest BCUT2D eigenvalue weighted by Crippen LogP contribution is -2.27. The lowest BCUT2D eigenvalue weighted by Gasteiger charge is -2.25. The van der Waals surface area contributed by atoms with Crippen molar-refractivity contribution in [3.63, 3.8) is 0 Å². The Balaban J connectivity index is 1.54. The fraction of sp³-hybridized carbons (Fsp3) is 0.300. The Hall–Kier alpha value is -2.62. The quantitative estimate of drug-likeness (QED) is 0.752. The molecule has 0 unspecified atom stereocenters. The minimum absolute atomic E-state index is 0.0153. The van der Waals surface area contributed by atoms with Crippen LogP contribution in [0, 0.1) is 0 Å². The average molecular weight is 321 g/mol. The highest BCUT2D eigenvalue weighted by Crippen LogP contribution is 2.27. The van der Waals surface area contributed by atoms with Gasteiger partial charge in [-0.05, 0) is 29.5 Å². The van der Waals surface area contributed by atoms with Crippen LogP contribution in [0.15, 0.2) is 60.9 Å². The van der Waals surface area contributed by atoms with Gasteiger partial charge in [0.1, 0.15) is 5.82 Å². The van der Waals surface area contributed by atoms with Crippen LogP contribution in [0.25, 0.3) is 5.52 Å². The van der Waals surface area contributed by atoms with Gasteiger partial charge in [0.25, 0.3) is 0 Å². The Morgan fingerprint density at radius 3 is 2.67 bits per heavy atom. The van der Waals surface area contributed by atoms with E-state index in [1.165, 1.54) is 5.56 Å². The molecule has 1 N–H and O–H groups in total. The van der Waals surface area contributed by atoms with Crippen molar-refractivity contribution in [2.24, 2.45) is 0 Å². The summed E-state index contributed by atoms with van der Waals surface area (Å²) in [6, 6.07) is 16.3. The van der Waals surface area contributed by atoms with E-state index >= 15 is 0 Å². The van der Waals surface area contributed by atoms with E-state index in [9.17, 15) is 4.79 Å². The molecular formula is C20H23N3O. The molecule has 0 radical (unpaired) electrons. The number of pyridine rings is 1. The Labute approximate surface area is 142 Å². The molecule has 4 nitrogen and oxygen atoms in total. The molecule has 0 bridgehead atoms. The first-order chi connectivity index (χ1) is 11.6. The van der Waals surface area contributed by atoms with Crippen LogP contribution in [0.4, 0.5) is 0 Å². The number of rotatable bonds is 6. The van der Waals surface area contributed by atoms with Gasteiger partial charge in [0.05, 0.1) is 18.3 Å². The predicted molar refractivity (Wildman–Crippen MR) is 95.7 cm³/mol. The Kier molecular flexibility index (Phi) is 4.65. The summed E-state index contributed by atoms with van der Waals surface area (Å²) in [7, 11) is 0. The summed E-state index contributed by atoms with van der Waals surface area (Å²) in [5.41, 5.74) is 2.28. The third-order valence-electron chi connectivity index (χ3n) is 4.49. The minimum Gasteiger partial charge on any atom is -0.349 e. The molecule has 124 valence electrons. The first kappa shape index (κ1) is 16.2. The van der Waals surface area contributed by atoms with Crippen molar-refractivity contribution in [1.29, 1.82) is 0 Å². The highest BCUT2D eigenvalue weighted by molar-refractivity contribution is 5.76. The van der Waals surface area contributed by atoms with Crippen molar-refractivity contribution in [2.75, 3.05) is 0 Å². The number of carbonyl (C=O) groups excluding carboxylic acids is 1. The molecule has 2 heterocycles. The van der Waals surface area contributed by atoms with Gasteiger partial charge in [-0.25, -0.2) is 4.98 Å². The third-order valence-corrected chi connectivity index (χ3v) is 4.49. The average Bonchev–Trinajstić information content (AvgIpc) is 3.02. The number of hydrogen-bond acceptors (Lipinski definition) is 2. The number of aromatic nitrogens is 2. The number of amides is 1. The number of carbonyl (C=O) groups is 1. The van der Waals surface area contributed by atoms with E-state index in [1.54, 1.807) is 0 Å². The van der Waals surface area contributed by atoms with Gasteiger partial charge in [-0.1, -0.05) is 50.2 Å². The van der Waals surface area contributed by atoms with Crippen molar-refractivity contribution >= 4 is 11.4 Å². The predicted octanol–water partition coefficient (Wildman–Crippen LogP) is 3.71. The molecule has 24 heavy (non-hydrogen) atoms. The van der Waals surface area contributed by atoms with E-state index < -0.39 is 0 Å². The highest BCUT2D eigenvalue weighted by atomic mass is 16.1. The van der Waals surface area contributed by atoms with Gasteiger partial charge in [-0.3, -0.25) is 4.79 Å². The lowest BCUT2D eigenvalue weighted by atomic mass is 9.80. The van der Waals surface area contributed by atoms with Crippen LogP contribution in [0.3, 0.4) is 0 Å². The molecule has 0 aliphatic carbocycles. The zero-order valence-electron chi connectivity index (χ0n) is 14.2. The molecule has 0 atom stereocenters. The molecule has 3 aromatic rings. The minimum atomic E-state index is -0.0153. The Bertz CT molecular complexity index is 821. The maximum Gasteiger partial charge on any atom is 0.220 e. The van der Waals surface area contributed by atoms with Gasteiger partial charge in [-0.15, -0.1) is 0 Å². The van der Waals surface area contributed by atoms with E-state index in [0.717, 1.165) is 17.8 Å². The van der Waals surface area contributed by atoms with E-state index in [4.69, 9.17) is 0 Å². The molecule has 0 fully saturated rings. The molecule has 4 heteroatoms. The standard InChI is InChI=1S/C20H23N3O/c1-20(2,16-8-4-3-5-9-16)12-11-19(24)22-15-18-21-14-17-10-6-7-13-23(17)18/h3-10,13-14H,11-12,15H2,1-2H3,(H,22,24). The van der Waals surface area contributed by atoms with Crippen LogP contribution in [-0.4, -0.2) is 15.3 Å². The summed E-state index contributed by atoms with van der Waals surface area (Å²) < 4.78 is 1.99. The monoisotopic (exact) mass is 321 g/mol. The third kappa shape index (κ3) is 3.65. The summed E-state index contributed by atoms with van der Waals surface area (Å²) in [5, 5.41) is 2.98. The maximum absolute atomic E-state index is 12.2. The molecule has 2 aromatic heterocycles. The van der Waals surface area contributed by atoms with Crippen LogP contribution in [0.2, 0.25) is 0 Å². The largest absolute Gasteiger partial charge is 0.349 e. The van der Waals surface area contributed by atoms with E-state index in [0.29, 0.717) is 13.0 Å². The Morgan fingerprint density at radius 2 is 1.88 bits per heavy atom. The number of benzene rings is 1. The van der Waals surface area contributed by atoms with Gasteiger partial charge in [0.15, 0.2) is 0 Å². The first-order valence-electron chi connectivity index (χ1n) is 8.29. The number of hydrogen-bond donors (Lipinski definition) is 1. The molecular weight excluding hydrogens is 298 g/mol. The number of imidazole rings is 1. The van der Waals surface area contributed by atoms with Gasteiger partial charge >= 0.3 is 0 Å². The second-order valence-corrected chi connectivity index (χ2v) is 6.70. The SMILES string of the molecule is CC(C)(CCC(=O)NCc1ncc2ccccn12)c1ccccc1. The van der Waals surface area contributed by atoms with Gasteiger partial charge in [0, 0.05) is 12.6 Å². The number of nitrogens with zero attached hydrogens (tertiary/aromatic N) is 2. The van der Waals surface area contributed by atoms with Gasteiger partial charge < -0.3 is 9.72 Å².